The van der Waals surface area contributed by atoms with Crippen LogP contribution in [-0.2, 0) is 16.0 Å². The standard InChI is InChI=1S/C23H27N5O3/c24-13-21(29)26-16-12-19(25-14-16)22(30)27-18(11-10-15-6-2-1-3-7-15)23-28-17-8-4-5-9-20(17)31-23/h1-9,16,18-19,25H,10-14,24H2,(H,26,29)(H,27,30)/t16?,18-,19+/m1/s1. The molecule has 3 atom stereocenters. The minimum atomic E-state index is -0.397. The molecular weight excluding hydrogens is 394 g/mol. The van der Waals surface area contributed by atoms with E-state index in [9.17, 15) is 9.59 Å². The van der Waals surface area contributed by atoms with Gasteiger partial charge in [-0.1, -0.05) is 42.5 Å². The van der Waals surface area contributed by atoms with Crippen molar-refractivity contribution >= 4 is 22.9 Å². The Morgan fingerprint density at radius 1 is 1.16 bits per heavy atom. The predicted molar refractivity (Wildman–Crippen MR) is 117 cm³/mol. The van der Waals surface area contributed by atoms with Crippen molar-refractivity contribution < 1.29 is 14.0 Å². The summed E-state index contributed by atoms with van der Waals surface area (Å²) in [5, 5.41) is 9.10. The summed E-state index contributed by atoms with van der Waals surface area (Å²) in [5.41, 5.74) is 8.00. The number of nitrogens with one attached hydrogen (secondary N) is 3. The molecule has 0 spiro atoms. The van der Waals surface area contributed by atoms with Crippen molar-refractivity contribution in [2.75, 3.05) is 13.1 Å². The lowest BCUT2D eigenvalue weighted by atomic mass is 10.0. The van der Waals surface area contributed by atoms with E-state index in [-0.39, 0.29) is 30.4 Å². The largest absolute Gasteiger partial charge is 0.438 e. The third-order valence-electron chi connectivity index (χ3n) is 5.49. The maximum atomic E-state index is 13.0. The van der Waals surface area contributed by atoms with E-state index in [4.69, 9.17) is 10.2 Å². The van der Waals surface area contributed by atoms with Gasteiger partial charge in [0.15, 0.2) is 5.58 Å². The van der Waals surface area contributed by atoms with Gasteiger partial charge in [0, 0.05) is 12.6 Å². The van der Waals surface area contributed by atoms with Crippen LogP contribution in [0.25, 0.3) is 11.1 Å². The first-order valence-corrected chi connectivity index (χ1v) is 10.5. The second-order valence-corrected chi connectivity index (χ2v) is 7.77. The van der Waals surface area contributed by atoms with Crippen LogP contribution in [0, 0.1) is 0 Å². The maximum absolute atomic E-state index is 13.0. The summed E-state index contributed by atoms with van der Waals surface area (Å²) in [6.07, 6.45) is 1.94. The fraction of sp³-hybridized carbons (Fsp3) is 0.348. The minimum absolute atomic E-state index is 0.0629. The van der Waals surface area contributed by atoms with E-state index in [1.54, 1.807) is 0 Å². The number of oxazole rings is 1. The highest BCUT2D eigenvalue weighted by molar-refractivity contribution is 5.83. The Morgan fingerprint density at radius 2 is 1.94 bits per heavy atom. The molecule has 4 rings (SSSR count). The number of hydrogen-bond acceptors (Lipinski definition) is 6. The molecule has 2 amide bonds. The van der Waals surface area contributed by atoms with Crippen molar-refractivity contribution in [3.05, 3.63) is 66.1 Å². The minimum Gasteiger partial charge on any atom is -0.438 e. The molecule has 0 radical (unpaired) electrons. The fourth-order valence-corrected chi connectivity index (χ4v) is 3.86. The first-order valence-electron chi connectivity index (χ1n) is 10.5. The SMILES string of the molecule is NCC(=O)NC1CN[C@H](C(=O)N[C@H](CCc2ccccc2)c2nc3ccccc3o2)C1. The monoisotopic (exact) mass is 421 g/mol. The molecule has 2 aromatic carbocycles. The molecule has 1 unspecified atom stereocenters. The van der Waals surface area contributed by atoms with Gasteiger partial charge in [0.2, 0.25) is 17.7 Å². The van der Waals surface area contributed by atoms with Crippen molar-refractivity contribution in [1.82, 2.24) is 20.9 Å². The van der Waals surface area contributed by atoms with Gasteiger partial charge in [-0.3, -0.25) is 9.59 Å². The summed E-state index contributed by atoms with van der Waals surface area (Å²) in [5.74, 6) is 0.140. The van der Waals surface area contributed by atoms with E-state index in [0.29, 0.717) is 30.9 Å². The van der Waals surface area contributed by atoms with Gasteiger partial charge in [-0.2, -0.15) is 0 Å². The molecule has 3 aromatic rings. The van der Waals surface area contributed by atoms with E-state index < -0.39 is 6.04 Å². The third kappa shape index (κ3) is 5.28. The normalized spacial score (nSPS) is 19.3. The maximum Gasteiger partial charge on any atom is 0.237 e. The van der Waals surface area contributed by atoms with Crippen LogP contribution >= 0.6 is 0 Å². The topological polar surface area (TPSA) is 122 Å². The molecule has 0 aliphatic carbocycles. The molecule has 0 saturated carbocycles. The van der Waals surface area contributed by atoms with Crippen molar-refractivity contribution in [1.29, 1.82) is 0 Å². The van der Waals surface area contributed by atoms with E-state index in [0.717, 1.165) is 11.9 Å². The molecule has 162 valence electrons. The lowest BCUT2D eigenvalue weighted by Crippen LogP contribution is -2.42. The Balaban J connectivity index is 1.46. The number of fused-ring (bicyclic) bond motifs is 1. The quantitative estimate of drug-likeness (QED) is 0.436. The van der Waals surface area contributed by atoms with E-state index in [2.05, 4.69) is 33.1 Å². The predicted octanol–water partition coefficient (Wildman–Crippen LogP) is 1.42. The number of carbonyl (C=O) groups is 2. The number of carbonyl (C=O) groups excluding carboxylic acids is 2. The lowest BCUT2D eigenvalue weighted by Gasteiger charge is -2.19. The van der Waals surface area contributed by atoms with Gasteiger partial charge >= 0.3 is 0 Å². The Morgan fingerprint density at radius 3 is 2.71 bits per heavy atom. The smallest absolute Gasteiger partial charge is 0.237 e. The number of rotatable bonds is 8. The highest BCUT2D eigenvalue weighted by atomic mass is 16.3. The molecule has 5 N–H and O–H groups in total. The molecule has 1 aliphatic rings. The van der Waals surface area contributed by atoms with Gasteiger partial charge in [-0.15, -0.1) is 0 Å². The van der Waals surface area contributed by atoms with Crippen LogP contribution in [0.4, 0.5) is 0 Å². The summed E-state index contributed by atoms with van der Waals surface area (Å²) < 4.78 is 5.95. The van der Waals surface area contributed by atoms with Crippen LogP contribution in [0.2, 0.25) is 0 Å². The average molecular weight is 422 g/mol. The van der Waals surface area contributed by atoms with Gasteiger partial charge in [-0.05, 0) is 37.0 Å². The summed E-state index contributed by atoms with van der Waals surface area (Å²) in [6.45, 7) is 0.466. The number of nitrogens with zero attached hydrogens (tertiary/aromatic N) is 1. The van der Waals surface area contributed by atoms with Crippen molar-refractivity contribution in [3.63, 3.8) is 0 Å². The molecule has 1 aromatic heterocycles. The van der Waals surface area contributed by atoms with Gasteiger partial charge < -0.3 is 26.1 Å². The Hall–Kier alpha value is -3.23. The number of nitrogens with two attached hydrogens (primary N) is 1. The zero-order valence-corrected chi connectivity index (χ0v) is 17.2. The summed E-state index contributed by atoms with van der Waals surface area (Å²) in [7, 11) is 0. The highest BCUT2D eigenvalue weighted by Crippen LogP contribution is 2.24. The molecule has 2 heterocycles. The number of aryl methyl sites for hydroxylation is 1. The number of amides is 2. The van der Waals surface area contributed by atoms with Gasteiger partial charge in [0.25, 0.3) is 0 Å². The summed E-state index contributed by atoms with van der Waals surface area (Å²) >= 11 is 0. The first-order chi connectivity index (χ1) is 15.1. The number of hydrogen-bond donors (Lipinski definition) is 4. The molecule has 1 fully saturated rings. The molecular formula is C23H27N5O3. The van der Waals surface area contributed by atoms with Crippen LogP contribution in [0.15, 0.2) is 59.0 Å². The highest BCUT2D eigenvalue weighted by Gasteiger charge is 2.32. The van der Waals surface area contributed by atoms with E-state index in [1.165, 1.54) is 5.56 Å². The zero-order chi connectivity index (χ0) is 21.6. The Kier molecular flexibility index (Phi) is 6.59. The average Bonchev–Trinajstić information content (AvgIpc) is 3.44. The van der Waals surface area contributed by atoms with Crippen LogP contribution < -0.4 is 21.7 Å². The van der Waals surface area contributed by atoms with Gasteiger partial charge in [-0.25, -0.2) is 4.98 Å². The van der Waals surface area contributed by atoms with Crippen molar-refractivity contribution in [2.45, 2.75) is 37.4 Å². The molecule has 31 heavy (non-hydrogen) atoms. The second-order valence-electron chi connectivity index (χ2n) is 7.77. The molecule has 1 aliphatic heterocycles. The fourth-order valence-electron chi connectivity index (χ4n) is 3.86. The number of para-hydroxylation sites is 2. The van der Waals surface area contributed by atoms with Crippen LogP contribution in [0.5, 0.6) is 0 Å². The number of aromatic nitrogens is 1. The van der Waals surface area contributed by atoms with Crippen LogP contribution in [0.1, 0.15) is 30.3 Å². The van der Waals surface area contributed by atoms with Crippen LogP contribution in [-0.4, -0.2) is 42.0 Å². The Labute approximate surface area is 180 Å². The zero-order valence-electron chi connectivity index (χ0n) is 17.2. The molecule has 0 bridgehead atoms. The molecule has 1 saturated heterocycles. The van der Waals surface area contributed by atoms with Crippen molar-refractivity contribution in [3.8, 4) is 0 Å². The van der Waals surface area contributed by atoms with Gasteiger partial charge in [0.05, 0.1) is 12.6 Å². The third-order valence-corrected chi connectivity index (χ3v) is 5.49. The summed E-state index contributed by atoms with van der Waals surface area (Å²) in [4.78, 5) is 29.1. The van der Waals surface area contributed by atoms with Crippen LogP contribution in [0.3, 0.4) is 0 Å². The first kappa shape index (κ1) is 21.0. The second kappa shape index (κ2) is 9.72. The lowest BCUT2D eigenvalue weighted by molar-refractivity contribution is -0.124. The van der Waals surface area contributed by atoms with Crippen molar-refractivity contribution in [2.24, 2.45) is 5.73 Å². The summed E-state index contributed by atoms with van der Waals surface area (Å²) in [6, 6.07) is 16.8. The van der Waals surface area contributed by atoms with E-state index >= 15 is 0 Å². The molecule has 8 nitrogen and oxygen atoms in total. The Bertz CT molecular complexity index is 1000. The van der Waals surface area contributed by atoms with Gasteiger partial charge in [0.1, 0.15) is 11.6 Å². The van der Waals surface area contributed by atoms with E-state index in [1.807, 2.05) is 42.5 Å². The number of benzene rings is 2. The molecule has 8 heteroatoms.